The lowest BCUT2D eigenvalue weighted by molar-refractivity contribution is -0.203. The molecule has 0 saturated carbocycles. The summed E-state index contributed by atoms with van der Waals surface area (Å²) in [6.07, 6.45) is 8.10. The molecule has 1 aliphatic rings. The summed E-state index contributed by atoms with van der Waals surface area (Å²) in [4.78, 5) is 0. The van der Waals surface area contributed by atoms with Crippen molar-refractivity contribution in [1.29, 1.82) is 5.26 Å². The van der Waals surface area contributed by atoms with E-state index in [1.807, 2.05) is 18.2 Å². The topological polar surface area (TPSA) is 42.2 Å². The summed E-state index contributed by atoms with van der Waals surface area (Å²) in [6, 6.07) is 13.1. The maximum absolute atomic E-state index is 15.2. The SMILES string of the molecule is CCCCCCC1COC(CCc2ccc3c(F)c(CCc4cc(F)c(C#N)c(F)c4)ccc3c2)OC1. The van der Waals surface area contributed by atoms with Crippen molar-refractivity contribution in [1.82, 2.24) is 0 Å². The highest BCUT2D eigenvalue weighted by atomic mass is 19.1. The van der Waals surface area contributed by atoms with E-state index in [-0.39, 0.29) is 18.5 Å². The summed E-state index contributed by atoms with van der Waals surface area (Å²) in [5.74, 6) is -1.62. The van der Waals surface area contributed by atoms with Crippen molar-refractivity contribution in [3.63, 3.8) is 0 Å². The molecule has 0 amide bonds. The molecule has 1 aliphatic heterocycles. The van der Waals surface area contributed by atoms with E-state index in [9.17, 15) is 8.78 Å². The third-order valence-corrected chi connectivity index (χ3v) is 7.17. The maximum atomic E-state index is 15.2. The van der Waals surface area contributed by atoms with Gasteiger partial charge in [0.15, 0.2) is 6.29 Å². The van der Waals surface area contributed by atoms with E-state index in [0.29, 0.717) is 28.9 Å². The average Bonchev–Trinajstić information content (AvgIpc) is 2.90. The van der Waals surface area contributed by atoms with Gasteiger partial charge >= 0.3 is 0 Å². The number of rotatable bonds is 11. The van der Waals surface area contributed by atoms with Crippen molar-refractivity contribution in [3.8, 4) is 6.07 Å². The van der Waals surface area contributed by atoms with Crippen LogP contribution in [0.3, 0.4) is 0 Å². The second-order valence-electron chi connectivity index (χ2n) is 9.99. The maximum Gasteiger partial charge on any atom is 0.157 e. The molecule has 3 nitrogen and oxygen atoms in total. The first-order valence-electron chi connectivity index (χ1n) is 13.3. The van der Waals surface area contributed by atoms with Crippen LogP contribution in [0.1, 0.15) is 67.7 Å². The molecule has 0 bridgehead atoms. The number of nitrogens with zero attached hydrogens (tertiary/aromatic N) is 1. The van der Waals surface area contributed by atoms with Crippen molar-refractivity contribution in [2.45, 2.75) is 71.0 Å². The number of fused-ring (bicyclic) bond motifs is 1. The van der Waals surface area contributed by atoms with Gasteiger partial charge in [-0.1, -0.05) is 62.9 Å². The van der Waals surface area contributed by atoms with Crippen LogP contribution in [0.5, 0.6) is 0 Å². The third kappa shape index (κ3) is 7.12. The van der Waals surface area contributed by atoms with Crippen molar-refractivity contribution in [2.75, 3.05) is 13.2 Å². The van der Waals surface area contributed by atoms with Crippen molar-refractivity contribution >= 4 is 10.8 Å². The summed E-state index contributed by atoms with van der Waals surface area (Å²) >= 11 is 0. The van der Waals surface area contributed by atoms with Crippen LogP contribution in [0.2, 0.25) is 0 Å². The summed E-state index contributed by atoms with van der Waals surface area (Å²) in [6.45, 7) is 3.73. The lowest BCUT2D eigenvalue weighted by Crippen LogP contribution is -2.32. The molecule has 3 aromatic rings. The molecule has 1 fully saturated rings. The van der Waals surface area contributed by atoms with Gasteiger partial charge in [0.05, 0.1) is 13.2 Å². The van der Waals surface area contributed by atoms with Crippen LogP contribution in [0.4, 0.5) is 13.2 Å². The molecule has 6 heteroatoms. The van der Waals surface area contributed by atoms with E-state index in [1.54, 1.807) is 12.1 Å². The molecule has 37 heavy (non-hydrogen) atoms. The fraction of sp³-hybridized carbons (Fsp3) is 0.452. The highest BCUT2D eigenvalue weighted by Crippen LogP contribution is 2.26. The summed E-state index contributed by atoms with van der Waals surface area (Å²) in [7, 11) is 0. The minimum atomic E-state index is -0.893. The standard InChI is InChI=1S/C31H34F3NO2/c1-2-3-4-5-6-23-19-36-30(37-20-23)14-9-21-8-13-26-25(15-21)12-11-24(31(26)34)10-7-22-16-28(32)27(18-35)29(33)17-22/h8,11-13,15-17,23,30H,2-7,9-10,14,19-20H2,1H3. The normalized spacial score (nSPS) is 17.7. The molecule has 4 rings (SSSR count). The van der Waals surface area contributed by atoms with Gasteiger partial charge in [-0.05, 0) is 59.9 Å². The molecule has 0 aliphatic carbocycles. The fourth-order valence-electron chi connectivity index (χ4n) is 4.95. The highest BCUT2D eigenvalue weighted by Gasteiger charge is 2.22. The van der Waals surface area contributed by atoms with Gasteiger partial charge < -0.3 is 9.47 Å². The van der Waals surface area contributed by atoms with E-state index in [4.69, 9.17) is 14.7 Å². The molecule has 0 unspecified atom stereocenters. The van der Waals surface area contributed by atoms with Crippen LogP contribution in [0.25, 0.3) is 10.8 Å². The first-order valence-corrected chi connectivity index (χ1v) is 13.3. The Kier molecular flexibility index (Phi) is 9.60. The zero-order chi connectivity index (χ0) is 26.2. The van der Waals surface area contributed by atoms with Crippen LogP contribution in [-0.2, 0) is 28.7 Å². The van der Waals surface area contributed by atoms with Gasteiger partial charge in [-0.3, -0.25) is 0 Å². The molecule has 3 aromatic carbocycles. The number of hydrogen-bond donors (Lipinski definition) is 0. The summed E-state index contributed by atoms with van der Waals surface area (Å²) < 4.78 is 54.8. The first-order chi connectivity index (χ1) is 18.0. The molecule has 0 spiro atoms. The van der Waals surface area contributed by atoms with Gasteiger partial charge in [-0.25, -0.2) is 13.2 Å². The van der Waals surface area contributed by atoms with Crippen molar-refractivity contribution < 1.29 is 22.6 Å². The van der Waals surface area contributed by atoms with Gasteiger partial charge in [-0.2, -0.15) is 5.26 Å². The number of aryl methyl sites for hydroxylation is 3. The Morgan fingerprint density at radius 1 is 0.838 bits per heavy atom. The smallest absolute Gasteiger partial charge is 0.157 e. The van der Waals surface area contributed by atoms with E-state index in [1.165, 1.54) is 31.8 Å². The first kappa shape index (κ1) is 27.2. The molecule has 0 atom stereocenters. The number of unbranched alkanes of at least 4 members (excludes halogenated alkanes) is 3. The largest absolute Gasteiger partial charge is 0.352 e. The molecular formula is C31H34F3NO2. The van der Waals surface area contributed by atoms with Crippen molar-refractivity contribution in [3.05, 3.63) is 82.2 Å². The van der Waals surface area contributed by atoms with Gasteiger partial charge in [0.2, 0.25) is 0 Å². The van der Waals surface area contributed by atoms with E-state index in [0.717, 1.165) is 55.6 Å². The zero-order valence-electron chi connectivity index (χ0n) is 21.4. The molecule has 0 aromatic heterocycles. The molecular weight excluding hydrogens is 475 g/mol. The van der Waals surface area contributed by atoms with Crippen LogP contribution >= 0.6 is 0 Å². The quantitative estimate of drug-likeness (QED) is 0.248. The van der Waals surface area contributed by atoms with Crippen LogP contribution in [-0.4, -0.2) is 19.5 Å². The Bertz CT molecular complexity index is 1220. The lowest BCUT2D eigenvalue weighted by atomic mass is 9.97. The van der Waals surface area contributed by atoms with Gasteiger partial charge in [0.25, 0.3) is 0 Å². The Morgan fingerprint density at radius 3 is 2.30 bits per heavy atom. The predicted octanol–water partition coefficient (Wildman–Crippen LogP) is 7.81. The minimum Gasteiger partial charge on any atom is -0.352 e. The van der Waals surface area contributed by atoms with Gasteiger partial charge in [0.1, 0.15) is 29.1 Å². The Morgan fingerprint density at radius 2 is 1.59 bits per heavy atom. The van der Waals surface area contributed by atoms with Gasteiger partial charge in [0, 0.05) is 17.7 Å². The highest BCUT2D eigenvalue weighted by molar-refractivity contribution is 5.84. The van der Waals surface area contributed by atoms with E-state index in [2.05, 4.69) is 6.92 Å². The minimum absolute atomic E-state index is 0.196. The third-order valence-electron chi connectivity index (χ3n) is 7.17. The monoisotopic (exact) mass is 509 g/mol. The predicted molar refractivity (Wildman–Crippen MR) is 139 cm³/mol. The fourth-order valence-corrected chi connectivity index (χ4v) is 4.95. The zero-order valence-corrected chi connectivity index (χ0v) is 21.4. The number of halogens is 3. The summed E-state index contributed by atoms with van der Waals surface area (Å²) in [5.41, 5.74) is 1.37. The van der Waals surface area contributed by atoms with Gasteiger partial charge in [-0.15, -0.1) is 0 Å². The van der Waals surface area contributed by atoms with E-state index < -0.39 is 17.2 Å². The number of benzene rings is 3. The molecule has 196 valence electrons. The molecule has 1 saturated heterocycles. The Balaban J connectivity index is 1.30. The second kappa shape index (κ2) is 13.1. The number of nitriles is 1. The number of ether oxygens (including phenoxy) is 2. The van der Waals surface area contributed by atoms with Crippen LogP contribution in [0.15, 0.2) is 42.5 Å². The van der Waals surface area contributed by atoms with E-state index >= 15 is 4.39 Å². The van der Waals surface area contributed by atoms with Crippen LogP contribution in [0, 0.1) is 34.7 Å². The van der Waals surface area contributed by atoms with Crippen molar-refractivity contribution in [2.24, 2.45) is 5.92 Å². The Hall–Kier alpha value is -2.88. The Labute approximate surface area is 217 Å². The van der Waals surface area contributed by atoms with Crippen LogP contribution < -0.4 is 0 Å². The lowest BCUT2D eigenvalue weighted by Gasteiger charge is -2.29. The molecule has 0 N–H and O–H groups in total. The summed E-state index contributed by atoms with van der Waals surface area (Å²) in [5, 5.41) is 10.1. The average molecular weight is 510 g/mol. The molecule has 0 radical (unpaired) electrons. The number of hydrogen-bond acceptors (Lipinski definition) is 3. The molecule has 1 heterocycles. The second-order valence-corrected chi connectivity index (χ2v) is 9.99.